The number of fused-ring (bicyclic) bond motifs is 1. The van der Waals surface area contributed by atoms with Gasteiger partial charge in [-0.1, -0.05) is 191 Å². The Morgan fingerprint density at radius 1 is 0.529 bits per heavy atom. The van der Waals surface area contributed by atoms with Crippen LogP contribution in [0.15, 0.2) is 182 Å². The molecule has 1 N–H and O–H groups in total. The number of imidazole rings is 1. The normalized spacial score (nSPS) is 15.0. The van der Waals surface area contributed by atoms with Gasteiger partial charge in [0, 0.05) is 55.0 Å². The first-order chi connectivity index (χ1) is 38.1. The summed E-state index contributed by atoms with van der Waals surface area (Å²) in [5.74, 6) is 0.465. The standard InChI is InChI=1S/C65H58N3O.Pt/c1-41-33-43(3)62(69)57(34-41)63-67-61-54(50-36-49(44-17-12-10-13-18-44)37-51(38-50)58-39-48(31-32-66-58)45-23-27-52(28-24-45)64(4,5)6)21-16-22-59(61)68(63)60-40-55(46-19-14-11-15-20-46)42(2)35-56(60)47-25-29-53(30-26-47)65(7,8)9;/h10-37,39-40,69H,1-9H3;/q-1;/i2D3,4D3,5D3,6D3;. The maximum atomic E-state index is 12.1. The van der Waals surface area contributed by atoms with Gasteiger partial charge in [0.05, 0.1) is 22.3 Å². The van der Waals surface area contributed by atoms with Crippen LogP contribution in [0, 0.1) is 26.8 Å². The number of aromatic nitrogens is 3. The number of aryl methyl sites for hydroxylation is 3. The molecule has 10 aromatic rings. The molecule has 0 amide bonds. The average molecular weight is 1100 g/mol. The predicted octanol–water partition coefficient (Wildman–Crippen LogP) is 17.1. The Bertz CT molecular complexity index is 3960. The van der Waals surface area contributed by atoms with E-state index >= 15 is 0 Å². The monoisotopic (exact) mass is 1100 g/mol. The van der Waals surface area contributed by atoms with Gasteiger partial charge in [0.2, 0.25) is 0 Å². The summed E-state index contributed by atoms with van der Waals surface area (Å²) in [6, 6.07) is 57.8. The van der Waals surface area contributed by atoms with E-state index < -0.39 is 32.8 Å². The topological polar surface area (TPSA) is 50.9 Å². The van der Waals surface area contributed by atoms with Crippen molar-refractivity contribution in [2.75, 3.05) is 0 Å². The Morgan fingerprint density at radius 3 is 1.83 bits per heavy atom. The van der Waals surface area contributed by atoms with Crippen LogP contribution in [0.25, 0.3) is 95.0 Å². The molecule has 0 spiro atoms. The van der Waals surface area contributed by atoms with Crippen LogP contribution in [-0.4, -0.2) is 19.6 Å². The Kier molecular flexibility index (Phi) is 9.51. The summed E-state index contributed by atoms with van der Waals surface area (Å²) in [7, 11) is 0. The molecule has 0 saturated heterocycles. The third-order valence-electron chi connectivity index (χ3n) is 12.8. The van der Waals surface area contributed by atoms with Gasteiger partial charge in [-0.3, -0.25) is 9.55 Å². The van der Waals surface area contributed by atoms with Crippen molar-refractivity contribution in [3.05, 3.63) is 216 Å². The van der Waals surface area contributed by atoms with Crippen molar-refractivity contribution in [1.82, 2.24) is 14.5 Å². The minimum atomic E-state index is -3.40. The second-order valence-corrected chi connectivity index (χ2v) is 18.8. The number of aromatic hydroxyl groups is 1. The van der Waals surface area contributed by atoms with E-state index in [1.807, 2.05) is 146 Å². The van der Waals surface area contributed by atoms with Crippen molar-refractivity contribution in [3.63, 3.8) is 0 Å². The first-order valence-corrected chi connectivity index (χ1v) is 22.9. The van der Waals surface area contributed by atoms with Gasteiger partial charge in [0.25, 0.3) is 0 Å². The van der Waals surface area contributed by atoms with Crippen LogP contribution in [0.2, 0.25) is 0 Å². The van der Waals surface area contributed by atoms with E-state index in [1.165, 1.54) is 24.3 Å². The van der Waals surface area contributed by atoms with Crippen LogP contribution in [0.5, 0.6) is 5.75 Å². The first kappa shape index (κ1) is 35.0. The number of pyridine rings is 1. The fourth-order valence-electron chi connectivity index (χ4n) is 9.20. The molecule has 5 heteroatoms. The molecule has 2 aromatic heterocycles. The van der Waals surface area contributed by atoms with Crippen molar-refractivity contribution < 1.29 is 42.6 Å². The summed E-state index contributed by atoms with van der Waals surface area (Å²) < 4.78 is 103. The largest absolute Gasteiger partial charge is 0.507 e. The molecule has 0 aliphatic heterocycles. The number of hydrogen-bond donors (Lipinski definition) is 1. The molecule has 2 heterocycles. The van der Waals surface area contributed by atoms with Gasteiger partial charge in [0.1, 0.15) is 11.6 Å². The second kappa shape index (κ2) is 19.0. The van der Waals surface area contributed by atoms with Crippen LogP contribution in [0.4, 0.5) is 0 Å². The molecule has 0 fully saturated rings. The van der Waals surface area contributed by atoms with Gasteiger partial charge in [-0.15, -0.1) is 23.8 Å². The molecule has 0 aliphatic rings. The average Bonchev–Trinajstić information content (AvgIpc) is 1.43. The van der Waals surface area contributed by atoms with E-state index in [-0.39, 0.29) is 43.4 Å². The van der Waals surface area contributed by atoms with Crippen LogP contribution in [0.1, 0.15) is 85.6 Å². The van der Waals surface area contributed by atoms with E-state index in [0.29, 0.717) is 83.9 Å². The van der Waals surface area contributed by atoms with Crippen LogP contribution >= 0.6 is 0 Å². The summed E-state index contributed by atoms with van der Waals surface area (Å²) in [6.07, 6.45) is 1.62. The molecule has 350 valence electrons. The van der Waals surface area contributed by atoms with Gasteiger partial charge in [-0.2, -0.15) is 0 Å². The van der Waals surface area contributed by atoms with E-state index in [1.54, 1.807) is 18.3 Å². The van der Waals surface area contributed by atoms with Gasteiger partial charge < -0.3 is 5.11 Å². The van der Waals surface area contributed by atoms with Crippen molar-refractivity contribution in [2.45, 2.75) is 72.9 Å². The predicted molar refractivity (Wildman–Crippen MR) is 289 cm³/mol. The molecule has 10 rings (SSSR count). The SMILES string of the molecule is [2H]C([2H])([2H])c1cc(-c2ccc(C(C)(C)C)cc2)c(-n2c(-c3cc(C)cc(C)c3O)nc3c(-c4[c-]c(-c5cc(-c6ccc(C(C([2H])([2H])[2H])(C([2H])([2H])[2H])C([2H])([2H])[2H])cc6)ccn5)cc(-c5ccccc5)c4)cccc32)cc1-c1ccccc1.[Pt]. The van der Waals surface area contributed by atoms with Crippen molar-refractivity contribution in [1.29, 1.82) is 0 Å². The Hall–Kier alpha value is -7.13. The maximum Gasteiger partial charge on any atom is 0.148 e. The maximum absolute atomic E-state index is 12.1. The molecular weight excluding hydrogens is 1030 g/mol. The summed E-state index contributed by atoms with van der Waals surface area (Å²) >= 11 is 0. The molecule has 0 bridgehead atoms. The third-order valence-corrected chi connectivity index (χ3v) is 12.8. The number of phenolic OH excluding ortho intramolecular Hbond substituents is 1. The molecule has 70 heavy (non-hydrogen) atoms. The molecule has 0 atom stereocenters. The molecule has 0 aliphatic carbocycles. The summed E-state index contributed by atoms with van der Waals surface area (Å²) in [6.45, 7) is -2.47. The molecule has 4 nitrogen and oxygen atoms in total. The molecule has 8 aromatic carbocycles. The number of phenols is 1. The van der Waals surface area contributed by atoms with Crippen LogP contribution < -0.4 is 0 Å². The van der Waals surface area contributed by atoms with Crippen molar-refractivity contribution in [3.8, 4) is 89.7 Å². The van der Waals surface area contributed by atoms with E-state index in [4.69, 9.17) is 26.4 Å². The number of hydrogen-bond acceptors (Lipinski definition) is 3. The summed E-state index contributed by atoms with van der Waals surface area (Å²) in [5.41, 5.74) is 9.60. The zero-order valence-corrected chi connectivity index (χ0v) is 41.7. The van der Waals surface area contributed by atoms with Crippen molar-refractivity contribution >= 4 is 11.0 Å². The minimum Gasteiger partial charge on any atom is -0.507 e. The van der Waals surface area contributed by atoms with Gasteiger partial charge in [-0.05, 0) is 123 Å². The third kappa shape index (κ3) is 9.34. The minimum absolute atomic E-state index is 0. The van der Waals surface area contributed by atoms with Crippen LogP contribution in [-0.2, 0) is 31.9 Å². The molecule has 0 radical (unpaired) electrons. The Labute approximate surface area is 444 Å². The second-order valence-electron chi connectivity index (χ2n) is 18.8. The molecule has 0 saturated carbocycles. The van der Waals surface area contributed by atoms with Crippen molar-refractivity contribution in [2.24, 2.45) is 0 Å². The smallest absolute Gasteiger partial charge is 0.148 e. The van der Waals surface area contributed by atoms with Gasteiger partial charge >= 0.3 is 0 Å². The number of benzene rings is 8. The van der Waals surface area contributed by atoms with Gasteiger partial charge in [0.15, 0.2) is 0 Å². The Balaban J connectivity index is 0.00000810. The quantitative estimate of drug-likeness (QED) is 0.154. The number of rotatable bonds is 8. The van der Waals surface area contributed by atoms with E-state index in [2.05, 4.69) is 39.0 Å². The zero-order chi connectivity index (χ0) is 58.2. The fraction of sp³-hybridized carbons (Fsp3) is 0.169. The number of nitrogens with zero attached hydrogens (tertiary/aromatic N) is 3. The Morgan fingerprint density at radius 2 is 1.16 bits per heavy atom. The van der Waals surface area contributed by atoms with Crippen LogP contribution in [0.3, 0.4) is 0 Å². The van der Waals surface area contributed by atoms with E-state index in [9.17, 15) is 5.11 Å². The summed E-state index contributed by atoms with van der Waals surface area (Å²) in [4.78, 5) is 10.3. The molecular formula is C65H58N3OPt-. The summed E-state index contributed by atoms with van der Waals surface area (Å²) in [5, 5.41) is 12.1. The first-order valence-electron chi connectivity index (χ1n) is 28.9. The zero-order valence-electron chi connectivity index (χ0n) is 51.4. The van der Waals surface area contributed by atoms with E-state index in [0.717, 1.165) is 27.8 Å². The fourth-order valence-corrected chi connectivity index (χ4v) is 9.20. The van der Waals surface area contributed by atoms with Gasteiger partial charge in [-0.25, -0.2) is 4.98 Å². The number of para-hydroxylation sites is 1. The molecule has 0 unspecified atom stereocenters.